The maximum atomic E-state index is 12.1. The number of carbonyl (C=O) groups is 2. The third kappa shape index (κ3) is 6.71. The van der Waals surface area contributed by atoms with Gasteiger partial charge in [-0.25, -0.2) is 9.59 Å². The summed E-state index contributed by atoms with van der Waals surface area (Å²) in [7, 11) is 1.64. The second-order valence-corrected chi connectivity index (χ2v) is 6.87. The zero-order chi connectivity index (χ0) is 22.8. The van der Waals surface area contributed by atoms with Crippen LogP contribution in [0.25, 0.3) is 17.2 Å². The summed E-state index contributed by atoms with van der Waals surface area (Å²) in [5, 5.41) is 0. The summed E-state index contributed by atoms with van der Waals surface area (Å²) >= 11 is 0. The zero-order valence-electron chi connectivity index (χ0n) is 17.8. The minimum Gasteiger partial charge on any atom is -0.497 e. The van der Waals surface area contributed by atoms with Crippen LogP contribution < -0.4 is 9.47 Å². The Morgan fingerprint density at radius 1 is 0.812 bits per heavy atom. The Balaban J connectivity index is 1.51. The molecule has 5 nitrogen and oxygen atoms in total. The largest absolute Gasteiger partial charge is 0.497 e. The summed E-state index contributed by atoms with van der Waals surface area (Å²) in [4.78, 5) is 23.1. The molecule has 0 aromatic heterocycles. The van der Waals surface area contributed by atoms with Gasteiger partial charge in [-0.15, -0.1) is 0 Å². The van der Waals surface area contributed by atoms with Crippen LogP contribution in [0.5, 0.6) is 11.5 Å². The smallest absolute Gasteiger partial charge is 0.336 e. The van der Waals surface area contributed by atoms with Crippen molar-refractivity contribution >= 4 is 18.0 Å². The van der Waals surface area contributed by atoms with Crippen molar-refractivity contribution in [3.63, 3.8) is 0 Å². The molecule has 0 amide bonds. The first-order valence-electron chi connectivity index (χ1n) is 10.1. The molecule has 0 fully saturated rings. The van der Waals surface area contributed by atoms with Gasteiger partial charge >= 0.3 is 11.9 Å². The fourth-order valence-electron chi connectivity index (χ4n) is 2.94. The molecule has 162 valence electrons. The van der Waals surface area contributed by atoms with Crippen molar-refractivity contribution < 1.29 is 23.8 Å². The van der Waals surface area contributed by atoms with Gasteiger partial charge in [0.2, 0.25) is 0 Å². The third-order valence-corrected chi connectivity index (χ3v) is 4.69. The topological polar surface area (TPSA) is 61.8 Å². The first-order valence-corrected chi connectivity index (χ1v) is 10.1. The maximum Gasteiger partial charge on any atom is 0.336 e. The van der Waals surface area contributed by atoms with E-state index < -0.39 is 11.9 Å². The fraction of sp³-hybridized carbons (Fsp3) is 0.111. The average Bonchev–Trinajstić information content (AvgIpc) is 2.84. The van der Waals surface area contributed by atoms with Gasteiger partial charge in [-0.05, 0) is 52.6 Å². The molecule has 0 saturated heterocycles. The van der Waals surface area contributed by atoms with Crippen LogP contribution in [0.1, 0.15) is 11.1 Å². The Hall–Kier alpha value is -4.12. The highest BCUT2D eigenvalue weighted by Crippen LogP contribution is 2.23. The van der Waals surface area contributed by atoms with Crippen molar-refractivity contribution in [1.82, 2.24) is 0 Å². The summed E-state index contributed by atoms with van der Waals surface area (Å²) in [6.07, 6.45) is 4.80. The average molecular weight is 428 g/mol. The molecule has 0 saturated carbocycles. The highest BCUT2D eigenvalue weighted by molar-refractivity contribution is 5.88. The van der Waals surface area contributed by atoms with Crippen molar-refractivity contribution in [2.75, 3.05) is 13.7 Å². The van der Waals surface area contributed by atoms with E-state index in [1.54, 1.807) is 25.3 Å². The lowest BCUT2D eigenvalue weighted by Gasteiger charge is -2.05. The summed E-state index contributed by atoms with van der Waals surface area (Å²) in [5.41, 5.74) is 4.02. The van der Waals surface area contributed by atoms with Crippen LogP contribution in [0.2, 0.25) is 0 Å². The monoisotopic (exact) mass is 428 g/mol. The van der Waals surface area contributed by atoms with E-state index in [1.165, 1.54) is 6.08 Å². The first kappa shape index (κ1) is 22.6. The van der Waals surface area contributed by atoms with E-state index in [9.17, 15) is 9.59 Å². The number of ether oxygens (including phenoxy) is 3. The van der Waals surface area contributed by atoms with Crippen LogP contribution in [0.3, 0.4) is 0 Å². The molecule has 0 heterocycles. The zero-order valence-corrected chi connectivity index (χ0v) is 17.8. The van der Waals surface area contributed by atoms with Crippen molar-refractivity contribution in [1.29, 1.82) is 0 Å². The van der Waals surface area contributed by atoms with Gasteiger partial charge in [0.25, 0.3) is 0 Å². The molecule has 0 aliphatic carbocycles. The summed E-state index contributed by atoms with van der Waals surface area (Å²) < 4.78 is 15.5. The number of hydrogen-bond acceptors (Lipinski definition) is 5. The number of esters is 2. The fourth-order valence-corrected chi connectivity index (χ4v) is 2.94. The molecule has 0 aliphatic rings. The summed E-state index contributed by atoms with van der Waals surface area (Å²) in [5.74, 6) is 0.353. The summed E-state index contributed by atoms with van der Waals surface area (Å²) in [6.45, 7) is 3.62. The van der Waals surface area contributed by atoms with E-state index in [-0.39, 0.29) is 6.61 Å². The Bertz CT molecular complexity index is 1080. The van der Waals surface area contributed by atoms with Gasteiger partial charge in [0.1, 0.15) is 11.5 Å². The predicted molar refractivity (Wildman–Crippen MR) is 124 cm³/mol. The van der Waals surface area contributed by atoms with Gasteiger partial charge in [-0.1, -0.05) is 55.1 Å². The standard InChI is InChI=1S/C27H24O5/c1-3-26(28)31-19-18-21-6-13-25(14-7-21)32-27(29)17-8-20-4-9-22(10-5-20)23-11-15-24(30-2)16-12-23/h3-17H,1,18-19H2,2H3/b17-8+. The Kier molecular flexibility index (Phi) is 7.98. The molecule has 3 aromatic carbocycles. The minimum atomic E-state index is -0.461. The van der Waals surface area contributed by atoms with E-state index >= 15 is 0 Å². The molecule has 3 rings (SSSR count). The van der Waals surface area contributed by atoms with Crippen LogP contribution >= 0.6 is 0 Å². The van der Waals surface area contributed by atoms with Gasteiger partial charge in [0.05, 0.1) is 13.7 Å². The molecule has 0 spiro atoms. The molecule has 32 heavy (non-hydrogen) atoms. The minimum absolute atomic E-state index is 0.268. The van der Waals surface area contributed by atoms with E-state index in [0.717, 1.165) is 34.1 Å². The third-order valence-electron chi connectivity index (χ3n) is 4.69. The van der Waals surface area contributed by atoms with Crippen LogP contribution in [-0.4, -0.2) is 25.7 Å². The molecule has 3 aromatic rings. The Labute approximate surface area is 187 Å². The van der Waals surface area contributed by atoms with Gasteiger partial charge in [0, 0.05) is 18.6 Å². The second-order valence-electron chi connectivity index (χ2n) is 6.87. The van der Waals surface area contributed by atoms with Gasteiger partial charge in [0.15, 0.2) is 0 Å². The van der Waals surface area contributed by atoms with Crippen molar-refractivity contribution in [2.45, 2.75) is 6.42 Å². The SMILES string of the molecule is C=CC(=O)OCCc1ccc(OC(=O)/C=C/c2ccc(-c3ccc(OC)cc3)cc2)cc1. The quantitative estimate of drug-likeness (QED) is 0.265. The lowest BCUT2D eigenvalue weighted by Crippen LogP contribution is -2.05. The Morgan fingerprint density at radius 2 is 1.41 bits per heavy atom. The highest BCUT2D eigenvalue weighted by Gasteiger charge is 2.03. The first-order chi connectivity index (χ1) is 15.6. The maximum absolute atomic E-state index is 12.1. The molecule has 0 radical (unpaired) electrons. The van der Waals surface area contributed by atoms with Gasteiger partial charge in [-0.3, -0.25) is 0 Å². The molecule has 0 atom stereocenters. The van der Waals surface area contributed by atoms with E-state index in [2.05, 4.69) is 6.58 Å². The van der Waals surface area contributed by atoms with Crippen molar-refractivity contribution in [2.24, 2.45) is 0 Å². The number of methoxy groups -OCH3 is 1. The van der Waals surface area contributed by atoms with Crippen LogP contribution in [0, 0.1) is 0 Å². The van der Waals surface area contributed by atoms with Crippen molar-refractivity contribution in [3.8, 4) is 22.6 Å². The molecule has 0 bridgehead atoms. The molecular weight excluding hydrogens is 404 g/mol. The highest BCUT2D eigenvalue weighted by atomic mass is 16.5. The molecular formula is C27H24O5. The molecule has 5 heteroatoms. The summed E-state index contributed by atoms with van der Waals surface area (Å²) in [6, 6.07) is 22.8. The van der Waals surface area contributed by atoms with Gasteiger partial charge < -0.3 is 14.2 Å². The van der Waals surface area contributed by atoms with Crippen molar-refractivity contribution in [3.05, 3.63) is 103 Å². The molecule has 0 N–H and O–H groups in total. The molecule has 0 aliphatic heterocycles. The van der Waals surface area contributed by atoms with E-state index in [4.69, 9.17) is 14.2 Å². The predicted octanol–water partition coefficient (Wildman–Crippen LogP) is 5.25. The Morgan fingerprint density at radius 3 is 2.00 bits per heavy atom. The van der Waals surface area contributed by atoms with Crippen LogP contribution in [0.4, 0.5) is 0 Å². The second kappa shape index (κ2) is 11.3. The number of hydrogen-bond donors (Lipinski definition) is 0. The van der Waals surface area contributed by atoms with E-state index in [0.29, 0.717) is 12.2 Å². The lowest BCUT2D eigenvalue weighted by molar-refractivity contribution is -0.137. The van der Waals surface area contributed by atoms with Crippen LogP contribution in [-0.2, 0) is 20.7 Å². The molecule has 0 unspecified atom stereocenters. The number of carbonyl (C=O) groups excluding carboxylic acids is 2. The normalized spacial score (nSPS) is 10.5. The number of rotatable bonds is 9. The van der Waals surface area contributed by atoms with Crippen LogP contribution in [0.15, 0.2) is 91.5 Å². The van der Waals surface area contributed by atoms with Gasteiger partial charge in [-0.2, -0.15) is 0 Å². The number of benzene rings is 3. The van der Waals surface area contributed by atoms with E-state index in [1.807, 2.05) is 60.7 Å². The lowest BCUT2D eigenvalue weighted by atomic mass is 10.0.